The summed E-state index contributed by atoms with van der Waals surface area (Å²) in [5, 5.41) is 0.953. The van der Waals surface area contributed by atoms with Crippen LogP contribution in [-0.2, 0) is 10.0 Å². The fourth-order valence-corrected chi connectivity index (χ4v) is 4.02. The normalized spacial score (nSPS) is 11.7. The van der Waals surface area contributed by atoms with E-state index >= 15 is 0 Å². The summed E-state index contributed by atoms with van der Waals surface area (Å²) in [4.78, 5) is 2.16. The van der Waals surface area contributed by atoms with Gasteiger partial charge in [0.1, 0.15) is 12.4 Å². The number of rotatable bonds is 7. The molecule has 8 heteroatoms. The molecule has 0 atom stereocenters. The van der Waals surface area contributed by atoms with E-state index in [0.717, 1.165) is 6.54 Å². The molecule has 0 aromatic heterocycles. The standard InChI is InChI=1S/C18H22Cl2N2O3S/c1-12-10-18(13(2)9-16(12)20)26(23,24)21-14-5-6-15(19)17(11-14)25-8-7-22(3)4/h5-6,9-11,21H,7-8H2,1-4H3. The zero-order valence-corrected chi connectivity index (χ0v) is 17.5. The monoisotopic (exact) mass is 416 g/mol. The number of ether oxygens (including phenoxy) is 1. The zero-order valence-electron chi connectivity index (χ0n) is 15.1. The maximum Gasteiger partial charge on any atom is 0.262 e. The highest BCUT2D eigenvalue weighted by atomic mass is 35.5. The average Bonchev–Trinajstić information content (AvgIpc) is 2.53. The molecule has 0 bridgehead atoms. The van der Waals surface area contributed by atoms with Crippen LogP contribution in [0.5, 0.6) is 5.75 Å². The van der Waals surface area contributed by atoms with Gasteiger partial charge in [0.25, 0.3) is 10.0 Å². The van der Waals surface area contributed by atoms with Crippen molar-refractivity contribution in [3.05, 3.63) is 51.5 Å². The van der Waals surface area contributed by atoms with Crippen LogP contribution >= 0.6 is 23.2 Å². The Balaban J connectivity index is 2.26. The first-order chi connectivity index (χ1) is 12.1. The van der Waals surface area contributed by atoms with Crippen molar-refractivity contribution in [2.75, 3.05) is 32.0 Å². The molecule has 1 N–H and O–H groups in total. The smallest absolute Gasteiger partial charge is 0.262 e. The molecule has 0 heterocycles. The van der Waals surface area contributed by atoms with Crippen LogP contribution < -0.4 is 9.46 Å². The number of hydrogen-bond donors (Lipinski definition) is 1. The van der Waals surface area contributed by atoms with Crippen molar-refractivity contribution in [1.82, 2.24) is 4.90 Å². The van der Waals surface area contributed by atoms with Crippen molar-refractivity contribution in [2.45, 2.75) is 18.7 Å². The van der Waals surface area contributed by atoms with E-state index in [1.807, 2.05) is 19.0 Å². The zero-order chi connectivity index (χ0) is 19.5. The fraction of sp³-hybridized carbons (Fsp3) is 0.333. The Labute approximate surface area is 164 Å². The molecular formula is C18H22Cl2N2O3S. The van der Waals surface area contributed by atoms with E-state index in [1.165, 1.54) is 0 Å². The van der Waals surface area contributed by atoms with Gasteiger partial charge in [0.05, 0.1) is 15.6 Å². The number of anilines is 1. The highest BCUT2D eigenvalue weighted by Crippen LogP contribution is 2.30. The minimum atomic E-state index is -3.76. The first-order valence-corrected chi connectivity index (χ1v) is 10.2. The predicted molar refractivity (Wildman–Crippen MR) is 107 cm³/mol. The molecule has 2 aromatic rings. The highest BCUT2D eigenvalue weighted by molar-refractivity contribution is 7.92. The summed E-state index contributed by atoms with van der Waals surface area (Å²) in [5.74, 6) is 0.428. The van der Waals surface area contributed by atoms with Crippen LogP contribution in [0.1, 0.15) is 11.1 Å². The van der Waals surface area contributed by atoms with Crippen molar-refractivity contribution in [2.24, 2.45) is 0 Å². The van der Waals surface area contributed by atoms with Gasteiger partial charge >= 0.3 is 0 Å². The summed E-state index contributed by atoms with van der Waals surface area (Å²) in [6, 6.07) is 7.97. The van der Waals surface area contributed by atoms with Gasteiger partial charge in [0.2, 0.25) is 0 Å². The van der Waals surface area contributed by atoms with E-state index in [1.54, 1.807) is 44.2 Å². The minimum absolute atomic E-state index is 0.185. The number of sulfonamides is 1. The van der Waals surface area contributed by atoms with E-state index in [2.05, 4.69) is 4.72 Å². The molecule has 0 radical (unpaired) electrons. The summed E-state index contributed by atoms with van der Waals surface area (Å²) >= 11 is 12.2. The highest BCUT2D eigenvalue weighted by Gasteiger charge is 2.19. The Morgan fingerprint density at radius 3 is 2.38 bits per heavy atom. The van der Waals surface area contributed by atoms with Crippen LogP contribution in [0, 0.1) is 13.8 Å². The second kappa shape index (κ2) is 8.48. The number of hydrogen-bond acceptors (Lipinski definition) is 4. The molecule has 0 spiro atoms. The summed E-state index contributed by atoms with van der Waals surface area (Å²) in [5.41, 5.74) is 1.65. The van der Waals surface area contributed by atoms with Crippen LogP contribution in [-0.4, -0.2) is 40.6 Å². The molecule has 0 aliphatic rings. The Morgan fingerprint density at radius 2 is 1.73 bits per heavy atom. The maximum atomic E-state index is 12.8. The molecule has 0 amide bonds. The van der Waals surface area contributed by atoms with Gasteiger partial charge in [-0.3, -0.25) is 4.72 Å². The summed E-state index contributed by atoms with van der Waals surface area (Å²) in [6.45, 7) is 4.63. The molecule has 0 saturated heterocycles. The van der Waals surface area contributed by atoms with Gasteiger partial charge in [-0.25, -0.2) is 8.42 Å². The quantitative estimate of drug-likeness (QED) is 0.728. The maximum absolute atomic E-state index is 12.8. The van der Waals surface area contributed by atoms with E-state index < -0.39 is 10.0 Å². The predicted octanol–water partition coefficient (Wildman–Crippen LogP) is 4.35. The molecule has 0 unspecified atom stereocenters. The third-order valence-electron chi connectivity index (χ3n) is 3.73. The molecule has 2 rings (SSSR count). The molecule has 142 valence electrons. The molecule has 26 heavy (non-hydrogen) atoms. The van der Waals surface area contributed by atoms with Crippen molar-refractivity contribution in [1.29, 1.82) is 0 Å². The van der Waals surface area contributed by atoms with Crippen LogP contribution in [0.2, 0.25) is 10.0 Å². The van der Waals surface area contributed by atoms with Gasteiger partial charge in [0.15, 0.2) is 0 Å². The van der Waals surface area contributed by atoms with Crippen molar-refractivity contribution < 1.29 is 13.2 Å². The molecular weight excluding hydrogens is 395 g/mol. The molecule has 0 saturated carbocycles. The summed E-state index contributed by atoms with van der Waals surface area (Å²) in [7, 11) is 0.111. The lowest BCUT2D eigenvalue weighted by Gasteiger charge is -2.15. The molecule has 0 fully saturated rings. The van der Waals surface area contributed by atoms with Crippen LogP contribution in [0.15, 0.2) is 35.2 Å². The topological polar surface area (TPSA) is 58.6 Å². The van der Waals surface area contributed by atoms with Gasteiger partial charge in [-0.15, -0.1) is 0 Å². The minimum Gasteiger partial charge on any atom is -0.491 e. The summed E-state index contributed by atoms with van der Waals surface area (Å²) in [6.07, 6.45) is 0. The van der Waals surface area contributed by atoms with Crippen molar-refractivity contribution in [3.63, 3.8) is 0 Å². The Bertz CT molecular complexity index is 900. The van der Waals surface area contributed by atoms with Gasteiger partial charge in [-0.1, -0.05) is 23.2 Å². The van der Waals surface area contributed by atoms with E-state index in [4.69, 9.17) is 27.9 Å². The van der Waals surface area contributed by atoms with Crippen molar-refractivity contribution >= 4 is 38.9 Å². The largest absolute Gasteiger partial charge is 0.491 e. The fourth-order valence-electron chi connectivity index (χ4n) is 2.27. The third kappa shape index (κ3) is 5.27. The number of nitrogens with one attached hydrogen (secondary N) is 1. The molecule has 0 aliphatic heterocycles. The van der Waals surface area contributed by atoms with Gasteiger partial charge < -0.3 is 9.64 Å². The average molecular weight is 417 g/mol. The first kappa shape index (κ1) is 20.8. The SMILES string of the molecule is Cc1cc(S(=O)(=O)Nc2ccc(Cl)c(OCCN(C)C)c2)c(C)cc1Cl. The van der Waals surface area contributed by atoms with Gasteiger partial charge in [-0.2, -0.15) is 0 Å². The lowest BCUT2D eigenvalue weighted by molar-refractivity contribution is 0.261. The first-order valence-electron chi connectivity index (χ1n) is 7.97. The second-order valence-corrected chi connectivity index (χ2v) is 8.73. The lowest BCUT2D eigenvalue weighted by Crippen LogP contribution is -2.19. The number of likely N-dealkylation sites (N-methyl/N-ethyl adjacent to an activating group) is 1. The number of benzene rings is 2. The number of nitrogens with zero attached hydrogens (tertiary/aromatic N) is 1. The summed E-state index contributed by atoms with van der Waals surface area (Å²) < 4.78 is 33.7. The molecule has 5 nitrogen and oxygen atoms in total. The van der Waals surface area contributed by atoms with Gasteiger partial charge in [0, 0.05) is 17.6 Å². The van der Waals surface area contributed by atoms with Crippen molar-refractivity contribution in [3.8, 4) is 5.75 Å². The van der Waals surface area contributed by atoms with Crippen LogP contribution in [0.3, 0.4) is 0 Å². The van der Waals surface area contributed by atoms with Gasteiger partial charge in [-0.05, 0) is 63.3 Å². The van der Waals surface area contributed by atoms with Crippen LogP contribution in [0.4, 0.5) is 5.69 Å². The Morgan fingerprint density at radius 1 is 1.04 bits per heavy atom. The number of aryl methyl sites for hydroxylation is 2. The molecule has 2 aromatic carbocycles. The second-order valence-electron chi connectivity index (χ2n) is 6.27. The third-order valence-corrected chi connectivity index (χ3v) is 5.97. The number of halogens is 2. The van der Waals surface area contributed by atoms with E-state index in [-0.39, 0.29) is 4.90 Å². The Kier molecular flexibility index (Phi) is 6.80. The van der Waals surface area contributed by atoms with E-state index in [0.29, 0.717) is 39.2 Å². The van der Waals surface area contributed by atoms with E-state index in [9.17, 15) is 8.42 Å². The molecule has 0 aliphatic carbocycles. The Hall–Kier alpha value is -1.47. The lowest BCUT2D eigenvalue weighted by atomic mass is 10.2. The van der Waals surface area contributed by atoms with Crippen LogP contribution in [0.25, 0.3) is 0 Å².